The first-order chi connectivity index (χ1) is 31.1. The van der Waals surface area contributed by atoms with E-state index in [9.17, 15) is 14.4 Å². The third-order valence-corrected chi connectivity index (χ3v) is 11.5. The van der Waals surface area contributed by atoms with Crippen molar-refractivity contribution in [2.75, 3.05) is 95.7 Å². The Balaban J connectivity index is 0.697. The van der Waals surface area contributed by atoms with E-state index >= 15 is 0 Å². The molecule has 64 heavy (non-hydrogen) atoms. The van der Waals surface area contributed by atoms with E-state index in [1.54, 1.807) is 30.4 Å². The van der Waals surface area contributed by atoms with Gasteiger partial charge in [-0.25, -0.2) is 24.6 Å². The average molecular weight is 875 g/mol. The van der Waals surface area contributed by atoms with Crippen LogP contribution < -0.4 is 22.1 Å². The summed E-state index contributed by atoms with van der Waals surface area (Å²) in [6, 6.07) is 11.9. The summed E-state index contributed by atoms with van der Waals surface area (Å²) < 4.78 is 18.6. The Labute approximate surface area is 369 Å². The molecule has 0 aliphatic carbocycles. The van der Waals surface area contributed by atoms with Crippen LogP contribution >= 0.6 is 0 Å². The van der Waals surface area contributed by atoms with Crippen LogP contribution in [0.2, 0.25) is 0 Å². The number of carbonyl (C=O) groups excluding carboxylic acids is 3. The van der Waals surface area contributed by atoms with Gasteiger partial charge in [-0.3, -0.25) is 19.3 Å². The number of nitrogens with zero attached hydrogens (tertiary/aromatic N) is 11. The summed E-state index contributed by atoms with van der Waals surface area (Å²) in [5, 5.41) is 5.58. The van der Waals surface area contributed by atoms with Crippen molar-refractivity contribution in [1.29, 1.82) is 0 Å². The van der Waals surface area contributed by atoms with Crippen LogP contribution in [0.4, 0.5) is 17.8 Å². The molecule has 0 radical (unpaired) electrons. The largest absolute Gasteiger partial charge is 0.424 e. The predicted molar refractivity (Wildman–Crippen MR) is 239 cm³/mol. The molecule has 6 aromatic rings. The first-order valence-corrected chi connectivity index (χ1v) is 21.5. The lowest BCUT2D eigenvalue weighted by molar-refractivity contribution is -0.134. The highest BCUT2D eigenvalue weighted by Crippen LogP contribution is 2.33. The van der Waals surface area contributed by atoms with Crippen molar-refractivity contribution >= 4 is 57.5 Å². The van der Waals surface area contributed by atoms with Gasteiger partial charge < -0.3 is 45.8 Å². The highest BCUT2D eigenvalue weighted by molar-refractivity contribution is 5.99. The number of nitrogen functional groups attached to an aromatic ring is 2. The number of benzene rings is 2. The van der Waals surface area contributed by atoms with Gasteiger partial charge in [0, 0.05) is 82.4 Å². The molecule has 0 spiro atoms. The molecule has 336 valence electrons. The van der Waals surface area contributed by atoms with E-state index in [0.717, 1.165) is 28.7 Å². The number of likely N-dealkylation sites (N-methyl/N-ethyl adjacent to an activating group) is 1. The van der Waals surface area contributed by atoms with E-state index in [0.29, 0.717) is 131 Å². The van der Waals surface area contributed by atoms with Crippen LogP contribution in [-0.2, 0) is 49.9 Å². The predicted octanol–water partition coefficient (Wildman–Crippen LogP) is 2.03. The number of hydrogen-bond donors (Lipinski definition) is 3. The Morgan fingerprint density at radius 2 is 1.61 bits per heavy atom. The smallest absolute Gasteiger partial charge is 0.292 e. The molecular weight excluding hydrogens is 821 g/mol. The van der Waals surface area contributed by atoms with Crippen LogP contribution in [0.25, 0.3) is 33.4 Å². The minimum Gasteiger partial charge on any atom is -0.424 e. The normalized spacial score (nSPS) is 14.2. The van der Waals surface area contributed by atoms with Crippen LogP contribution in [0.3, 0.4) is 0 Å². The highest BCUT2D eigenvalue weighted by Gasteiger charge is 2.25. The summed E-state index contributed by atoms with van der Waals surface area (Å²) in [5.41, 5.74) is 25.2. The maximum absolute atomic E-state index is 13.1. The zero-order chi connectivity index (χ0) is 44.6. The van der Waals surface area contributed by atoms with Crippen LogP contribution in [-0.4, -0.2) is 146 Å². The van der Waals surface area contributed by atoms with Gasteiger partial charge in [0.1, 0.15) is 29.1 Å². The zero-order valence-corrected chi connectivity index (χ0v) is 36.0. The summed E-state index contributed by atoms with van der Waals surface area (Å²) in [5.74, 6) is 1.07. The molecule has 2 amide bonds. The second kappa shape index (κ2) is 20.3. The van der Waals surface area contributed by atoms with Crippen LogP contribution in [0, 0.1) is 0 Å². The fourth-order valence-electron chi connectivity index (χ4n) is 8.08. The van der Waals surface area contributed by atoms with Crippen LogP contribution in [0.15, 0.2) is 59.5 Å². The van der Waals surface area contributed by atoms with Crippen molar-refractivity contribution < 1.29 is 28.3 Å². The van der Waals surface area contributed by atoms with Gasteiger partial charge >= 0.3 is 0 Å². The molecule has 8 rings (SSSR count). The molecule has 6 heterocycles. The fraction of sp³-hybridized carbons (Fsp3) is 0.432. The molecule has 20 heteroatoms. The molecule has 0 saturated carbocycles. The summed E-state index contributed by atoms with van der Waals surface area (Å²) in [4.78, 5) is 67.8. The highest BCUT2D eigenvalue weighted by atomic mass is 16.5. The quantitative estimate of drug-likeness (QED) is 0.0984. The zero-order valence-electron chi connectivity index (χ0n) is 36.0. The third kappa shape index (κ3) is 10.6. The topological polar surface area (TPSA) is 256 Å². The van der Waals surface area contributed by atoms with Gasteiger partial charge in [0.2, 0.25) is 17.8 Å². The monoisotopic (exact) mass is 874 g/mol. The first kappa shape index (κ1) is 44.0. The van der Waals surface area contributed by atoms with Gasteiger partial charge in [0.25, 0.3) is 6.01 Å². The van der Waals surface area contributed by atoms with Crippen molar-refractivity contribution in [2.24, 2.45) is 5.73 Å². The van der Waals surface area contributed by atoms with Crippen molar-refractivity contribution in [1.82, 2.24) is 49.4 Å². The number of hydrogen-bond acceptors (Lipinski definition) is 17. The standard InChI is InChI=1S/C44H54N14O6/c1-54(27-38(61)55-11-13-56(14-12-55)44-48-22-30(21-45)23-49-44)26-34(59)3-2-15-62-17-18-63-16-9-37(60)57-10-8-31-19-29(4-5-33(31)25-57)24-58-42-39(41(46)50-28-51-42)40(53-58)32-6-7-36-35(20-32)52-43(47)64-36/h4-7,19-20,22-23,28H,2-3,8-18,21,24-27,45H2,1H3,(H2,47,52)(H2,46,50,51). The Kier molecular flexibility index (Phi) is 13.9. The molecule has 0 unspecified atom stereocenters. The number of ether oxygens (including phenoxy) is 2. The van der Waals surface area contributed by atoms with E-state index in [2.05, 4.69) is 48.0 Å². The van der Waals surface area contributed by atoms with Crippen LogP contribution in [0.5, 0.6) is 0 Å². The first-order valence-electron chi connectivity index (χ1n) is 21.5. The number of piperazine rings is 1. The molecule has 6 N–H and O–H groups in total. The molecular formula is C44H54N14O6. The summed E-state index contributed by atoms with van der Waals surface area (Å²) in [6.07, 6.45) is 6.86. The van der Waals surface area contributed by atoms with Gasteiger partial charge in [-0.05, 0) is 54.8 Å². The van der Waals surface area contributed by atoms with Crippen molar-refractivity contribution in [3.8, 4) is 11.3 Å². The third-order valence-electron chi connectivity index (χ3n) is 11.5. The van der Waals surface area contributed by atoms with E-state index in [-0.39, 0.29) is 43.1 Å². The average Bonchev–Trinajstić information content (AvgIpc) is 3.87. The number of rotatable bonds is 19. The van der Waals surface area contributed by atoms with Gasteiger partial charge in [-0.15, -0.1) is 0 Å². The van der Waals surface area contributed by atoms with Crippen LogP contribution in [0.1, 0.15) is 41.5 Å². The lowest BCUT2D eigenvalue weighted by Crippen LogP contribution is -2.51. The van der Waals surface area contributed by atoms with Gasteiger partial charge in [-0.1, -0.05) is 18.2 Å². The van der Waals surface area contributed by atoms with Crippen molar-refractivity contribution in [3.05, 3.63) is 77.4 Å². The minimum absolute atomic E-state index is 0.00241. The molecule has 0 atom stereocenters. The van der Waals surface area contributed by atoms with E-state index in [1.807, 2.05) is 26.6 Å². The molecule has 2 aliphatic rings. The minimum atomic E-state index is -0.00241. The number of amides is 2. The molecule has 2 aromatic carbocycles. The Hall–Kier alpha value is -6.61. The molecule has 4 aromatic heterocycles. The molecule has 2 aliphatic heterocycles. The van der Waals surface area contributed by atoms with Gasteiger partial charge in [0.05, 0.1) is 51.3 Å². The number of carbonyl (C=O) groups is 3. The Bertz CT molecular complexity index is 2590. The van der Waals surface area contributed by atoms with Crippen molar-refractivity contribution in [3.63, 3.8) is 0 Å². The van der Waals surface area contributed by atoms with Gasteiger partial charge in [-0.2, -0.15) is 10.1 Å². The lowest BCUT2D eigenvalue weighted by Gasteiger charge is -2.35. The lowest BCUT2D eigenvalue weighted by atomic mass is 9.97. The Morgan fingerprint density at radius 1 is 0.812 bits per heavy atom. The van der Waals surface area contributed by atoms with E-state index in [4.69, 9.17) is 36.2 Å². The molecule has 0 bridgehead atoms. The number of oxazole rings is 1. The fourth-order valence-corrected chi connectivity index (χ4v) is 8.08. The Morgan fingerprint density at radius 3 is 2.41 bits per heavy atom. The molecule has 1 saturated heterocycles. The number of ketones is 1. The second-order valence-corrected chi connectivity index (χ2v) is 16.1. The maximum Gasteiger partial charge on any atom is 0.292 e. The number of aromatic nitrogens is 7. The summed E-state index contributed by atoms with van der Waals surface area (Å²) in [7, 11) is 1.79. The number of Topliss-reactive ketones (excluding diaryl/α,β-unsaturated/α-hetero) is 1. The van der Waals surface area contributed by atoms with E-state index in [1.165, 1.54) is 11.9 Å². The second-order valence-electron chi connectivity index (χ2n) is 16.1. The molecule has 20 nitrogen and oxygen atoms in total. The van der Waals surface area contributed by atoms with Crippen molar-refractivity contribution in [2.45, 2.75) is 45.3 Å². The SMILES string of the molecule is CN(CC(=O)CCCOCCOCCC(=O)N1CCc2cc(Cn3nc(-c4ccc5oc(N)nc5c4)c4c(N)ncnc43)ccc2C1)CC(=O)N1CCN(c2ncc(CN)cn2)CC1. The number of nitrogens with two attached hydrogens (primary N) is 3. The number of anilines is 3. The molecule has 1 fully saturated rings. The van der Waals surface area contributed by atoms with Gasteiger partial charge in [0.15, 0.2) is 11.2 Å². The maximum atomic E-state index is 13.1. The summed E-state index contributed by atoms with van der Waals surface area (Å²) >= 11 is 0. The van der Waals surface area contributed by atoms with E-state index < -0.39 is 0 Å². The summed E-state index contributed by atoms with van der Waals surface area (Å²) in [6.45, 7) is 6.28. The number of fused-ring (bicyclic) bond motifs is 3.